The Morgan fingerprint density at radius 1 is 1.44 bits per heavy atom. The summed E-state index contributed by atoms with van der Waals surface area (Å²) < 4.78 is 13.7. The minimum Gasteiger partial charge on any atom is -0.389 e. The molecule has 1 saturated heterocycles. The number of carbonyl (C=O) groups excluding carboxylic acids is 1. The second kappa shape index (κ2) is 5.24. The van der Waals surface area contributed by atoms with Crippen LogP contribution >= 0.6 is 11.6 Å². The van der Waals surface area contributed by atoms with Crippen molar-refractivity contribution < 1.29 is 14.3 Å². The van der Waals surface area contributed by atoms with Gasteiger partial charge in [-0.15, -0.1) is 0 Å². The first kappa shape index (κ1) is 13.3. The lowest BCUT2D eigenvalue weighted by atomic mass is 9.85. The Balaban J connectivity index is 2.06. The molecule has 0 aliphatic carbocycles. The van der Waals surface area contributed by atoms with Gasteiger partial charge in [-0.25, -0.2) is 4.39 Å². The molecule has 0 bridgehead atoms. The van der Waals surface area contributed by atoms with E-state index >= 15 is 0 Å². The van der Waals surface area contributed by atoms with Crippen LogP contribution in [0.1, 0.15) is 18.4 Å². The van der Waals surface area contributed by atoms with Crippen LogP contribution in [0.4, 0.5) is 4.39 Å². The maximum Gasteiger partial charge on any atom is 0.209 e. The van der Waals surface area contributed by atoms with Crippen LogP contribution in [0.25, 0.3) is 0 Å². The van der Waals surface area contributed by atoms with Gasteiger partial charge in [0.15, 0.2) is 0 Å². The number of piperidine rings is 1. The van der Waals surface area contributed by atoms with Gasteiger partial charge in [0.2, 0.25) is 6.41 Å². The number of likely N-dealkylation sites (tertiary alicyclic amines) is 1. The van der Waals surface area contributed by atoms with Crippen molar-refractivity contribution in [2.24, 2.45) is 0 Å². The first-order valence-corrected chi connectivity index (χ1v) is 6.26. The van der Waals surface area contributed by atoms with Gasteiger partial charge in [-0.3, -0.25) is 4.79 Å². The Kier molecular flexibility index (Phi) is 3.88. The second-order valence-corrected chi connectivity index (χ2v) is 5.21. The van der Waals surface area contributed by atoms with Crippen molar-refractivity contribution in [1.29, 1.82) is 0 Å². The lowest BCUT2D eigenvalue weighted by molar-refractivity contribution is -0.122. The number of nitrogens with zero attached hydrogens (tertiary/aromatic N) is 1. The fraction of sp³-hybridized carbons (Fsp3) is 0.462. The fourth-order valence-corrected chi connectivity index (χ4v) is 2.40. The molecule has 0 saturated carbocycles. The van der Waals surface area contributed by atoms with Gasteiger partial charge in [0.1, 0.15) is 5.82 Å². The van der Waals surface area contributed by atoms with E-state index in [0.29, 0.717) is 36.5 Å². The molecule has 1 aliphatic heterocycles. The third kappa shape index (κ3) is 3.00. The maximum atomic E-state index is 13.7. The predicted octanol–water partition coefficient (Wildman–Crippen LogP) is 2.00. The summed E-state index contributed by atoms with van der Waals surface area (Å²) in [4.78, 5) is 12.2. The van der Waals surface area contributed by atoms with Crippen molar-refractivity contribution in [2.45, 2.75) is 24.9 Å². The number of aliphatic hydroxyl groups is 1. The summed E-state index contributed by atoms with van der Waals surface area (Å²) in [6, 6.07) is 4.46. The quantitative estimate of drug-likeness (QED) is 0.855. The minimum absolute atomic E-state index is 0.253. The molecule has 1 amide bonds. The van der Waals surface area contributed by atoms with Gasteiger partial charge in [0.25, 0.3) is 0 Å². The van der Waals surface area contributed by atoms with Gasteiger partial charge in [0, 0.05) is 24.5 Å². The van der Waals surface area contributed by atoms with Gasteiger partial charge in [-0.2, -0.15) is 0 Å². The van der Waals surface area contributed by atoms with Crippen molar-refractivity contribution in [3.63, 3.8) is 0 Å². The summed E-state index contributed by atoms with van der Waals surface area (Å²) in [6.07, 6.45) is 1.97. The number of carbonyl (C=O) groups is 1. The number of hydrogen-bond donors (Lipinski definition) is 1. The van der Waals surface area contributed by atoms with E-state index in [4.69, 9.17) is 11.6 Å². The van der Waals surface area contributed by atoms with Crippen molar-refractivity contribution in [2.75, 3.05) is 13.1 Å². The molecule has 18 heavy (non-hydrogen) atoms. The Morgan fingerprint density at radius 2 is 2.11 bits per heavy atom. The highest BCUT2D eigenvalue weighted by Crippen LogP contribution is 2.27. The first-order valence-electron chi connectivity index (χ1n) is 5.88. The van der Waals surface area contributed by atoms with Crippen molar-refractivity contribution in [3.05, 3.63) is 34.6 Å². The number of amides is 1. The number of rotatable bonds is 3. The highest BCUT2D eigenvalue weighted by molar-refractivity contribution is 6.30. The van der Waals surface area contributed by atoms with E-state index in [9.17, 15) is 14.3 Å². The Labute approximate surface area is 110 Å². The summed E-state index contributed by atoms with van der Waals surface area (Å²) in [7, 11) is 0. The van der Waals surface area contributed by atoms with Gasteiger partial charge < -0.3 is 10.0 Å². The summed E-state index contributed by atoms with van der Waals surface area (Å²) in [5, 5.41) is 10.7. The van der Waals surface area contributed by atoms with Crippen molar-refractivity contribution >= 4 is 18.0 Å². The van der Waals surface area contributed by atoms with Crippen LogP contribution in [0.2, 0.25) is 5.02 Å². The highest BCUT2D eigenvalue weighted by Gasteiger charge is 2.32. The van der Waals surface area contributed by atoms with Crippen LogP contribution in [-0.4, -0.2) is 35.1 Å². The van der Waals surface area contributed by atoms with Crippen LogP contribution in [0.5, 0.6) is 0 Å². The van der Waals surface area contributed by atoms with E-state index in [2.05, 4.69) is 0 Å². The van der Waals surface area contributed by atoms with Crippen LogP contribution in [0.3, 0.4) is 0 Å². The van der Waals surface area contributed by atoms with Crippen LogP contribution in [0, 0.1) is 5.82 Å². The lowest BCUT2D eigenvalue weighted by Gasteiger charge is -2.36. The zero-order chi connectivity index (χ0) is 13.2. The molecule has 1 heterocycles. The average molecular weight is 272 g/mol. The Morgan fingerprint density at radius 3 is 2.67 bits per heavy atom. The Bertz CT molecular complexity index is 445. The summed E-state index contributed by atoms with van der Waals surface area (Å²) >= 11 is 5.68. The van der Waals surface area contributed by atoms with E-state index in [-0.39, 0.29) is 6.42 Å². The molecule has 5 heteroatoms. The molecule has 3 nitrogen and oxygen atoms in total. The smallest absolute Gasteiger partial charge is 0.209 e. The maximum absolute atomic E-state index is 13.7. The number of hydrogen-bond acceptors (Lipinski definition) is 2. The molecule has 2 rings (SSSR count). The molecule has 1 fully saturated rings. The molecule has 1 aromatic rings. The van der Waals surface area contributed by atoms with Crippen molar-refractivity contribution in [1.82, 2.24) is 4.90 Å². The molecule has 98 valence electrons. The molecular formula is C13H15ClFNO2. The third-order valence-corrected chi connectivity index (χ3v) is 3.65. The van der Waals surface area contributed by atoms with Gasteiger partial charge >= 0.3 is 0 Å². The fourth-order valence-electron chi connectivity index (χ4n) is 2.24. The second-order valence-electron chi connectivity index (χ2n) is 4.78. The van der Waals surface area contributed by atoms with E-state index in [0.717, 1.165) is 6.41 Å². The zero-order valence-corrected chi connectivity index (χ0v) is 10.7. The SMILES string of the molecule is O=CN1CCC(O)(Cc2ccc(Cl)cc2F)CC1. The lowest BCUT2D eigenvalue weighted by Crippen LogP contribution is -2.45. The van der Waals surface area contributed by atoms with Gasteiger partial charge in [-0.05, 0) is 30.5 Å². The monoisotopic (exact) mass is 271 g/mol. The topological polar surface area (TPSA) is 40.5 Å². The van der Waals surface area contributed by atoms with E-state index in [1.807, 2.05) is 0 Å². The molecule has 1 aromatic carbocycles. The van der Waals surface area contributed by atoms with Crippen LogP contribution in [-0.2, 0) is 11.2 Å². The van der Waals surface area contributed by atoms with E-state index < -0.39 is 11.4 Å². The summed E-state index contributed by atoms with van der Waals surface area (Å²) in [6.45, 7) is 1.02. The summed E-state index contributed by atoms with van der Waals surface area (Å²) in [5.74, 6) is -0.395. The number of halogens is 2. The molecule has 0 radical (unpaired) electrons. The molecule has 1 N–H and O–H groups in total. The molecule has 1 aliphatic rings. The van der Waals surface area contributed by atoms with Gasteiger partial charge in [-0.1, -0.05) is 17.7 Å². The minimum atomic E-state index is -0.936. The molecule has 0 atom stereocenters. The first-order chi connectivity index (χ1) is 8.52. The largest absolute Gasteiger partial charge is 0.389 e. The van der Waals surface area contributed by atoms with Crippen LogP contribution < -0.4 is 0 Å². The zero-order valence-electron chi connectivity index (χ0n) is 9.90. The summed E-state index contributed by atoms with van der Waals surface area (Å²) in [5.41, 5.74) is -0.477. The Hall–Kier alpha value is -1.13. The van der Waals surface area contributed by atoms with Crippen LogP contribution in [0.15, 0.2) is 18.2 Å². The van der Waals surface area contributed by atoms with E-state index in [1.54, 1.807) is 17.0 Å². The standard InChI is InChI=1S/C13H15ClFNO2/c14-11-2-1-10(12(15)7-11)8-13(18)3-5-16(9-17)6-4-13/h1-2,7,9,18H,3-6,8H2. The highest BCUT2D eigenvalue weighted by atomic mass is 35.5. The average Bonchev–Trinajstić information content (AvgIpc) is 2.34. The molecule has 0 unspecified atom stereocenters. The number of benzene rings is 1. The predicted molar refractivity (Wildman–Crippen MR) is 66.9 cm³/mol. The van der Waals surface area contributed by atoms with Crippen molar-refractivity contribution in [3.8, 4) is 0 Å². The normalized spacial score (nSPS) is 18.7. The van der Waals surface area contributed by atoms with Gasteiger partial charge in [0.05, 0.1) is 5.60 Å². The molecular weight excluding hydrogens is 257 g/mol. The third-order valence-electron chi connectivity index (χ3n) is 3.41. The molecule has 0 spiro atoms. The van der Waals surface area contributed by atoms with E-state index in [1.165, 1.54) is 6.07 Å². The molecule has 0 aromatic heterocycles.